The van der Waals surface area contributed by atoms with E-state index in [0.29, 0.717) is 29.7 Å². The standard InChI is InChI=1S/C21H30O4/c1-5-6-7-8-13-11-15(22)18-16(12-13)25-20(2,3)14-9-10-21(4,24)19(23)17(14)18/h11-12,19,22-24H,5-10H2,1-4H3/t19-,21?/m0/s1. The van der Waals surface area contributed by atoms with E-state index in [4.69, 9.17) is 4.74 Å². The van der Waals surface area contributed by atoms with E-state index in [-0.39, 0.29) is 5.75 Å². The number of aryl methyl sites for hydroxylation is 1. The van der Waals surface area contributed by atoms with Gasteiger partial charge in [0.25, 0.3) is 0 Å². The van der Waals surface area contributed by atoms with Gasteiger partial charge in [0.1, 0.15) is 23.2 Å². The molecule has 3 N–H and O–H groups in total. The topological polar surface area (TPSA) is 69.9 Å². The largest absolute Gasteiger partial charge is 0.507 e. The lowest BCUT2D eigenvalue weighted by Gasteiger charge is -2.45. The van der Waals surface area contributed by atoms with Gasteiger partial charge in [-0.05, 0) is 69.7 Å². The minimum atomic E-state index is -1.20. The van der Waals surface area contributed by atoms with Gasteiger partial charge in [0.2, 0.25) is 0 Å². The van der Waals surface area contributed by atoms with Crippen molar-refractivity contribution < 1.29 is 20.1 Å². The molecule has 0 aromatic heterocycles. The van der Waals surface area contributed by atoms with Gasteiger partial charge in [-0.2, -0.15) is 0 Å². The maximum Gasteiger partial charge on any atom is 0.132 e. The number of unbranched alkanes of at least 4 members (excludes halogenated alkanes) is 2. The Morgan fingerprint density at radius 2 is 1.92 bits per heavy atom. The number of aliphatic hydroxyl groups is 2. The fourth-order valence-electron chi connectivity index (χ4n) is 4.11. The molecule has 138 valence electrons. The van der Waals surface area contributed by atoms with Crippen molar-refractivity contribution in [2.24, 2.45) is 0 Å². The number of hydrogen-bond donors (Lipinski definition) is 3. The van der Waals surface area contributed by atoms with Crippen molar-refractivity contribution in [3.63, 3.8) is 0 Å². The number of benzene rings is 1. The molecule has 3 rings (SSSR count). The average molecular weight is 346 g/mol. The Morgan fingerprint density at radius 1 is 1.20 bits per heavy atom. The zero-order valence-corrected chi connectivity index (χ0v) is 15.7. The summed E-state index contributed by atoms with van der Waals surface area (Å²) in [5.74, 6) is 0.732. The summed E-state index contributed by atoms with van der Waals surface area (Å²) in [6.45, 7) is 7.79. The number of phenolic OH excluding ortho intramolecular Hbond substituents is 1. The highest BCUT2D eigenvalue weighted by Crippen LogP contribution is 2.52. The molecule has 1 aliphatic carbocycles. The van der Waals surface area contributed by atoms with E-state index in [0.717, 1.165) is 36.8 Å². The van der Waals surface area contributed by atoms with Crippen molar-refractivity contribution in [1.82, 2.24) is 0 Å². The van der Waals surface area contributed by atoms with Crippen LogP contribution in [-0.2, 0) is 6.42 Å². The maximum atomic E-state index is 10.8. The van der Waals surface area contributed by atoms with E-state index in [2.05, 4.69) is 6.92 Å². The second kappa shape index (κ2) is 6.33. The Bertz CT molecular complexity index is 700. The maximum absolute atomic E-state index is 10.8. The third kappa shape index (κ3) is 3.18. The quantitative estimate of drug-likeness (QED) is 0.722. The summed E-state index contributed by atoms with van der Waals surface area (Å²) in [4.78, 5) is 0. The first-order valence-corrected chi connectivity index (χ1v) is 9.36. The fourth-order valence-corrected chi connectivity index (χ4v) is 4.11. The molecule has 0 bridgehead atoms. The number of fused-ring (bicyclic) bond motifs is 2. The Kier molecular flexibility index (Phi) is 4.63. The molecule has 0 saturated carbocycles. The van der Waals surface area contributed by atoms with Gasteiger partial charge in [0, 0.05) is 5.57 Å². The van der Waals surface area contributed by atoms with Gasteiger partial charge >= 0.3 is 0 Å². The van der Waals surface area contributed by atoms with Crippen molar-refractivity contribution >= 4 is 5.57 Å². The molecule has 0 radical (unpaired) electrons. The van der Waals surface area contributed by atoms with Gasteiger partial charge < -0.3 is 20.1 Å². The highest BCUT2D eigenvalue weighted by molar-refractivity contribution is 5.84. The van der Waals surface area contributed by atoms with E-state index in [1.54, 1.807) is 13.0 Å². The summed E-state index contributed by atoms with van der Waals surface area (Å²) in [5, 5.41) is 32.0. The van der Waals surface area contributed by atoms with Crippen LogP contribution in [0.15, 0.2) is 17.7 Å². The molecule has 1 unspecified atom stereocenters. The predicted octanol–water partition coefficient (Wildman–Crippen LogP) is 3.96. The van der Waals surface area contributed by atoms with Gasteiger partial charge in [0.15, 0.2) is 0 Å². The highest BCUT2D eigenvalue weighted by Gasteiger charge is 2.47. The monoisotopic (exact) mass is 346 g/mol. The van der Waals surface area contributed by atoms with Crippen LogP contribution in [0.4, 0.5) is 0 Å². The van der Waals surface area contributed by atoms with Crippen LogP contribution in [-0.4, -0.2) is 32.6 Å². The third-order valence-corrected chi connectivity index (χ3v) is 5.64. The first-order chi connectivity index (χ1) is 11.7. The molecular weight excluding hydrogens is 316 g/mol. The molecule has 0 fully saturated rings. The van der Waals surface area contributed by atoms with Crippen LogP contribution >= 0.6 is 0 Å². The van der Waals surface area contributed by atoms with E-state index in [9.17, 15) is 15.3 Å². The number of ether oxygens (including phenoxy) is 1. The molecule has 0 saturated heterocycles. The Balaban J connectivity index is 2.09. The Labute approximate surface area is 150 Å². The van der Waals surface area contributed by atoms with Crippen molar-refractivity contribution in [1.29, 1.82) is 0 Å². The lowest BCUT2D eigenvalue weighted by atomic mass is 9.70. The lowest BCUT2D eigenvalue weighted by molar-refractivity contribution is -0.0476. The van der Waals surface area contributed by atoms with Gasteiger partial charge in [-0.1, -0.05) is 19.8 Å². The minimum absolute atomic E-state index is 0.128. The molecule has 2 atom stereocenters. The number of aliphatic hydroxyl groups excluding tert-OH is 1. The second-order valence-corrected chi connectivity index (χ2v) is 8.21. The van der Waals surface area contributed by atoms with E-state index in [1.807, 2.05) is 19.9 Å². The number of aromatic hydroxyl groups is 1. The molecule has 4 nitrogen and oxygen atoms in total. The van der Waals surface area contributed by atoms with Gasteiger partial charge in [0.05, 0.1) is 11.2 Å². The molecular formula is C21H30O4. The zero-order valence-electron chi connectivity index (χ0n) is 15.7. The van der Waals surface area contributed by atoms with Crippen molar-refractivity contribution in [2.75, 3.05) is 0 Å². The van der Waals surface area contributed by atoms with Crippen molar-refractivity contribution in [2.45, 2.75) is 83.5 Å². The summed E-state index contributed by atoms with van der Waals surface area (Å²) in [7, 11) is 0. The first-order valence-electron chi connectivity index (χ1n) is 9.36. The highest BCUT2D eigenvalue weighted by atomic mass is 16.5. The fraction of sp³-hybridized carbons (Fsp3) is 0.619. The summed E-state index contributed by atoms with van der Waals surface area (Å²) in [6, 6.07) is 3.75. The van der Waals surface area contributed by atoms with Crippen LogP contribution in [0.5, 0.6) is 11.5 Å². The smallest absolute Gasteiger partial charge is 0.132 e. The predicted molar refractivity (Wildman–Crippen MR) is 98.8 cm³/mol. The Hall–Kier alpha value is -1.52. The molecule has 1 aromatic rings. The third-order valence-electron chi connectivity index (χ3n) is 5.64. The molecule has 2 aliphatic rings. The van der Waals surface area contributed by atoms with E-state index >= 15 is 0 Å². The van der Waals surface area contributed by atoms with E-state index < -0.39 is 17.3 Å². The first kappa shape index (κ1) is 18.3. The molecule has 0 spiro atoms. The summed E-state index contributed by atoms with van der Waals surface area (Å²) in [5.41, 5.74) is 1.43. The number of rotatable bonds is 4. The molecule has 1 aliphatic heterocycles. The van der Waals surface area contributed by atoms with E-state index in [1.165, 1.54) is 0 Å². The minimum Gasteiger partial charge on any atom is -0.507 e. The number of phenols is 1. The SMILES string of the molecule is CCCCCc1cc(O)c2c(c1)OC(C)(C)C1=C2[C@H](O)C(C)(O)CC1. The van der Waals surface area contributed by atoms with Crippen LogP contribution in [0, 0.1) is 0 Å². The van der Waals surface area contributed by atoms with Gasteiger partial charge in [-0.25, -0.2) is 0 Å². The van der Waals surface area contributed by atoms with Crippen LogP contribution in [0.2, 0.25) is 0 Å². The molecule has 1 aromatic carbocycles. The lowest BCUT2D eigenvalue weighted by Crippen LogP contribution is -2.48. The van der Waals surface area contributed by atoms with Crippen molar-refractivity contribution in [3.8, 4) is 11.5 Å². The number of hydrogen-bond acceptors (Lipinski definition) is 4. The average Bonchev–Trinajstić information content (AvgIpc) is 2.50. The summed E-state index contributed by atoms with van der Waals surface area (Å²) in [6.07, 6.45) is 4.36. The van der Waals surface area contributed by atoms with Gasteiger partial charge in [-0.3, -0.25) is 0 Å². The van der Waals surface area contributed by atoms with Crippen LogP contribution in [0.25, 0.3) is 5.57 Å². The van der Waals surface area contributed by atoms with Crippen LogP contribution in [0.3, 0.4) is 0 Å². The second-order valence-electron chi connectivity index (χ2n) is 8.21. The van der Waals surface area contributed by atoms with Crippen LogP contribution in [0.1, 0.15) is 70.9 Å². The molecule has 25 heavy (non-hydrogen) atoms. The Morgan fingerprint density at radius 3 is 2.60 bits per heavy atom. The normalized spacial score (nSPS) is 27.5. The van der Waals surface area contributed by atoms with Crippen molar-refractivity contribution in [3.05, 3.63) is 28.8 Å². The van der Waals surface area contributed by atoms with Crippen LogP contribution < -0.4 is 4.74 Å². The van der Waals surface area contributed by atoms with Gasteiger partial charge in [-0.15, -0.1) is 0 Å². The summed E-state index contributed by atoms with van der Waals surface area (Å²) >= 11 is 0. The summed E-state index contributed by atoms with van der Waals surface area (Å²) < 4.78 is 6.22. The molecule has 1 heterocycles. The molecule has 0 amide bonds. The zero-order chi connectivity index (χ0) is 18.4. The molecule has 4 heteroatoms.